The van der Waals surface area contributed by atoms with Gasteiger partial charge < -0.3 is 14.4 Å². The van der Waals surface area contributed by atoms with Gasteiger partial charge in [0.25, 0.3) is 0 Å². The van der Waals surface area contributed by atoms with E-state index in [4.69, 9.17) is 4.74 Å². The predicted octanol–water partition coefficient (Wildman–Crippen LogP) is 3.15. The van der Waals surface area contributed by atoms with Crippen molar-refractivity contribution in [3.05, 3.63) is 78.4 Å². The highest BCUT2D eigenvalue weighted by Crippen LogP contribution is 2.24. The summed E-state index contributed by atoms with van der Waals surface area (Å²) in [5, 5.41) is 9.29. The molecule has 0 atom stereocenters. The minimum Gasteiger partial charge on any atom is -0.488 e. The number of hydrogen-bond acceptors (Lipinski definition) is 3. The van der Waals surface area contributed by atoms with Gasteiger partial charge in [-0.3, -0.25) is 0 Å². The highest BCUT2D eigenvalue weighted by Gasteiger charge is 2.13. The molecule has 0 saturated heterocycles. The fourth-order valence-corrected chi connectivity index (χ4v) is 2.11. The lowest BCUT2D eigenvalue weighted by molar-refractivity contribution is 0.0692. The SMILES string of the molecule is O=C(O)c1ccc(-n2ccnc2)cc1OCc1ccccc1. The molecule has 0 unspecified atom stereocenters. The lowest BCUT2D eigenvalue weighted by Gasteiger charge is -2.11. The Bertz CT molecular complexity index is 768. The van der Waals surface area contributed by atoms with E-state index in [9.17, 15) is 9.90 Å². The molecule has 0 bridgehead atoms. The quantitative estimate of drug-likeness (QED) is 0.785. The van der Waals surface area contributed by atoms with Crippen LogP contribution in [0.15, 0.2) is 67.3 Å². The zero-order valence-electron chi connectivity index (χ0n) is 11.7. The number of aromatic nitrogens is 2. The second kappa shape index (κ2) is 6.13. The van der Waals surface area contributed by atoms with Crippen LogP contribution in [0.3, 0.4) is 0 Å². The van der Waals surface area contributed by atoms with Crippen LogP contribution in [-0.2, 0) is 6.61 Å². The smallest absolute Gasteiger partial charge is 0.339 e. The summed E-state index contributed by atoms with van der Waals surface area (Å²) in [7, 11) is 0. The maximum Gasteiger partial charge on any atom is 0.339 e. The summed E-state index contributed by atoms with van der Waals surface area (Å²) < 4.78 is 7.50. The van der Waals surface area contributed by atoms with E-state index in [1.807, 2.05) is 30.3 Å². The molecule has 5 heteroatoms. The van der Waals surface area contributed by atoms with Crippen LogP contribution >= 0.6 is 0 Å². The monoisotopic (exact) mass is 294 g/mol. The molecular formula is C17H14N2O3. The molecule has 0 fully saturated rings. The number of rotatable bonds is 5. The van der Waals surface area contributed by atoms with Crippen molar-refractivity contribution in [3.8, 4) is 11.4 Å². The standard InChI is InChI=1S/C17H14N2O3/c20-17(21)15-7-6-14(19-9-8-18-12-19)10-16(15)22-11-13-4-2-1-3-5-13/h1-10,12H,11H2,(H,20,21). The number of imidazole rings is 1. The van der Waals surface area contributed by atoms with Crippen molar-refractivity contribution in [2.24, 2.45) is 0 Å². The summed E-state index contributed by atoms with van der Waals surface area (Å²) in [6, 6.07) is 14.6. The first-order valence-electron chi connectivity index (χ1n) is 6.76. The Morgan fingerprint density at radius 2 is 2.00 bits per heavy atom. The van der Waals surface area contributed by atoms with E-state index in [2.05, 4.69) is 4.98 Å². The Hall–Kier alpha value is -3.08. The number of carboxylic acids is 1. The number of aromatic carboxylic acids is 1. The molecule has 1 aromatic heterocycles. The van der Waals surface area contributed by atoms with Crippen molar-refractivity contribution < 1.29 is 14.6 Å². The third-order valence-electron chi connectivity index (χ3n) is 3.24. The molecule has 5 nitrogen and oxygen atoms in total. The van der Waals surface area contributed by atoms with Crippen molar-refractivity contribution in [3.63, 3.8) is 0 Å². The molecule has 0 spiro atoms. The normalized spacial score (nSPS) is 10.4. The second-order valence-electron chi connectivity index (χ2n) is 4.73. The van der Waals surface area contributed by atoms with Gasteiger partial charge in [0, 0.05) is 18.5 Å². The van der Waals surface area contributed by atoms with Crippen LogP contribution in [0.1, 0.15) is 15.9 Å². The van der Waals surface area contributed by atoms with Crippen LogP contribution in [0.5, 0.6) is 5.75 Å². The highest BCUT2D eigenvalue weighted by molar-refractivity contribution is 5.91. The first-order valence-corrected chi connectivity index (χ1v) is 6.76. The molecule has 0 aliphatic heterocycles. The van der Waals surface area contributed by atoms with Crippen LogP contribution in [-0.4, -0.2) is 20.6 Å². The highest BCUT2D eigenvalue weighted by atomic mass is 16.5. The Morgan fingerprint density at radius 1 is 1.18 bits per heavy atom. The summed E-state index contributed by atoms with van der Waals surface area (Å²) in [5.74, 6) is -0.678. The van der Waals surface area contributed by atoms with Crippen LogP contribution in [0.4, 0.5) is 0 Å². The van der Waals surface area contributed by atoms with E-state index in [-0.39, 0.29) is 5.56 Å². The Morgan fingerprint density at radius 3 is 2.68 bits per heavy atom. The first-order chi connectivity index (χ1) is 10.7. The maximum absolute atomic E-state index is 11.3. The van der Waals surface area contributed by atoms with Gasteiger partial charge in [-0.2, -0.15) is 0 Å². The van der Waals surface area contributed by atoms with Crippen molar-refractivity contribution >= 4 is 5.97 Å². The van der Waals surface area contributed by atoms with Gasteiger partial charge in [0.05, 0.1) is 12.0 Å². The zero-order chi connectivity index (χ0) is 15.4. The van der Waals surface area contributed by atoms with Gasteiger partial charge in [0.1, 0.15) is 17.9 Å². The van der Waals surface area contributed by atoms with Crippen LogP contribution in [0.25, 0.3) is 5.69 Å². The van der Waals surface area contributed by atoms with E-state index in [0.29, 0.717) is 12.4 Å². The molecular weight excluding hydrogens is 280 g/mol. The number of hydrogen-bond donors (Lipinski definition) is 1. The molecule has 110 valence electrons. The van der Waals surface area contributed by atoms with Gasteiger partial charge in [0.15, 0.2) is 0 Å². The third-order valence-corrected chi connectivity index (χ3v) is 3.24. The molecule has 0 amide bonds. The Kier molecular flexibility index (Phi) is 3.87. The van der Waals surface area contributed by atoms with Crippen molar-refractivity contribution in [2.45, 2.75) is 6.61 Å². The van der Waals surface area contributed by atoms with Gasteiger partial charge in [-0.25, -0.2) is 9.78 Å². The topological polar surface area (TPSA) is 64.3 Å². The summed E-state index contributed by atoms with van der Waals surface area (Å²) >= 11 is 0. The van der Waals surface area contributed by atoms with Crippen LogP contribution < -0.4 is 4.74 Å². The Balaban J connectivity index is 1.89. The van der Waals surface area contributed by atoms with Gasteiger partial charge in [-0.1, -0.05) is 30.3 Å². The number of carboxylic acid groups (broad SMARTS) is 1. The molecule has 0 radical (unpaired) electrons. The molecule has 0 saturated carbocycles. The molecule has 0 aliphatic carbocycles. The van der Waals surface area contributed by atoms with E-state index in [1.54, 1.807) is 35.4 Å². The van der Waals surface area contributed by atoms with Gasteiger partial charge >= 0.3 is 5.97 Å². The molecule has 3 aromatic rings. The largest absolute Gasteiger partial charge is 0.488 e. The van der Waals surface area contributed by atoms with E-state index in [0.717, 1.165) is 11.3 Å². The summed E-state index contributed by atoms with van der Waals surface area (Å²) in [4.78, 5) is 15.3. The van der Waals surface area contributed by atoms with E-state index < -0.39 is 5.97 Å². The Labute approximate surface area is 127 Å². The zero-order valence-corrected chi connectivity index (χ0v) is 11.7. The van der Waals surface area contributed by atoms with E-state index in [1.165, 1.54) is 6.07 Å². The molecule has 1 heterocycles. The van der Waals surface area contributed by atoms with Gasteiger partial charge in [-0.05, 0) is 17.7 Å². The molecule has 22 heavy (non-hydrogen) atoms. The fraction of sp³-hybridized carbons (Fsp3) is 0.0588. The minimum absolute atomic E-state index is 0.139. The average molecular weight is 294 g/mol. The van der Waals surface area contributed by atoms with Gasteiger partial charge in [-0.15, -0.1) is 0 Å². The molecule has 0 aliphatic rings. The lowest BCUT2D eigenvalue weighted by Crippen LogP contribution is -2.04. The summed E-state index contributed by atoms with van der Waals surface area (Å²) in [6.45, 7) is 0.314. The third kappa shape index (κ3) is 2.98. The molecule has 1 N–H and O–H groups in total. The number of carbonyl (C=O) groups is 1. The van der Waals surface area contributed by atoms with Crippen molar-refractivity contribution in [2.75, 3.05) is 0 Å². The van der Waals surface area contributed by atoms with Crippen LogP contribution in [0, 0.1) is 0 Å². The predicted molar refractivity (Wildman–Crippen MR) is 81.3 cm³/mol. The molecule has 3 rings (SSSR count). The molecule has 2 aromatic carbocycles. The van der Waals surface area contributed by atoms with E-state index >= 15 is 0 Å². The lowest BCUT2D eigenvalue weighted by atomic mass is 10.1. The summed E-state index contributed by atoms with van der Waals surface area (Å²) in [6.07, 6.45) is 5.10. The maximum atomic E-state index is 11.3. The van der Waals surface area contributed by atoms with Crippen molar-refractivity contribution in [1.82, 2.24) is 9.55 Å². The minimum atomic E-state index is -1.01. The number of ether oxygens (including phenoxy) is 1. The number of nitrogens with zero attached hydrogens (tertiary/aromatic N) is 2. The average Bonchev–Trinajstić information content (AvgIpc) is 3.08. The van der Waals surface area contributed by atoms with Gasteiger partial charge in [0.2, 0.25) is 0 Å². The summed E-state index contributed by atoms with van der Waals surface area (Å²) in [5.41, 5.74) is 1.91. The van der Waals surface area contributed by atoms with Crippen LogP contribution in [0.2, 0.25) is 0 Å². The second-order valence-corrected chi connectivity index (χ2v) is 4.73. The number of benzene rings is 2. The fourth-order valence-electron chi connectivity index (χ4n) is 2.11. The first kappa shape index (κ1) is 13.9. The van der Waals surface area contributed by atoms with Crippen molar-refractivity contribution in [1.29, 1.82) is 0 Å².